The van der Waals surface area contributed by atoms with Crippen LogP contribution in [0.1, 0.15) is 17.4 Å². The summed E-state index contributed by atoms with van der Waals surface area (Å²) >= 11 is 5.76. The molecule has 28 heavy (non-hydrogen) atoms. The third-order valence-corrected chi connectivity index (χ3v) is 4.10. The molecule has 0 saturated heterocycles. The first-order valence-corrected chi connectivity index (χ1v) is 8.82. The molecule has 3 rings (SSSR count). The van der Waals surface area contributed by atoms with Crippen LogP contribution in [0.3, 0.4) is 0 Å². The highest BCUT2D eigenvalue weighted by Gasteiger charge is 2.16. The fourth-order valence-corrected chi connectivity index (χ4v) is 2.57. The molecule has 1 aliphatic heterocycles. The van der Waals surface area contributed by atoms with Crippen LogP contribution in [0.25, 0.3) is 0 Å². The molecule has 146 valence electrons. The average molecular weight is 405 g/mol. The van der Waals surface area contributed by atoms with Crippen molar-refractivity contribution in [1.29, 1.82) is 0 Å². The number of benzene rings is 1. The van der Waals surface area contributed by atoms with Crippen LogP contribution < -0.4 is 11.1 Å². The molecule has 2 aromatic rings. The zero-order valence-corrected chi connectivity index (χ0v) is 15.7. The lowest BCUT2D eigenvalue weighted by Gasteiger charge is -2.20. The Kier molecular flexibility index (Phi) is 6.23. The molecule has 0 unspecified atom stereocenters. The molecule has 1 aliphatic rings. The van der Waals surface area contributed by atoms with E-state index in [1.165, 1.54) is 30.5 Å². The number of nitrogens with one attached hydrogen (secondary N) is 1. The maximum Gasteiger partial charge on any atom is 0.292 e. The lowest BCUT2D eigenvalue weighted by atomic mass is 10.1. The number of ether oxygens (including phenoxy) is 2. The van der Waals surface area contributed by atoms with E-state index in [4.69, 9.17) is 26.8 Å². The van der Waals surface area contributed by atoms with Gasteiger partial charge in [0.15, 0.2) is 0 Å². The van der Waals surface area contributed by atoms with Gasteiger partial charge in [0.1, 0.15) is 23.0 Å². The highest BCUT2D eigenvalue weighted by atomic mass is 35.5. The third-order valence-electron chi connectivity index (χ3n) is 3.87. The van der Waals surface area contributed by atoms with Crippen LogP contribution in [0.15, 0.2) is 53.4 Å². The summed E-state index contributed by atoms with van der Waals surface area (Å²) in [4.78, 5) is 20.1. The van der Waals surface area contributed by atoms with Gasteiger partial charge in [0.2, 0.25) is 0 Å². The summed E-state index contributed by atoms with van der Waals surface area (Å²) in [5, 5.41) is 3.03. The number of aliphatic imine (C=N–C) groups is 1. The fraction of sp³-hybridized carbons (Fsp3) is 0.211. The number of hydrogen-bond acceptors (Lipinski definition) is 5. The molecular formula is C19H18ClFN4O3. The molecule has 0 aliphatic carbocycles. The van der Waals surface area contributed by atoms with Crippen molar-refractivity contribution in [2.24, 2.45) is 16.6 Å². The summed E-state index contributed by atoms with van der Waals surface area (Å²) in [6.07, 6.45) is 3.11. The predicted octanol–water partition coefficient (Wildman–Crippen LogP) is 3.64. The minimum absolute atomic E-state index is 0.0184. The van der Waals surface area contributed by atoms with Crippen LogP contribution in [-0.2, 0) is 9.47 Å². The Morgan fingerprint density at radius 1 is 1.43 bits per heavy atom. The molecule has 1 aromatic carbocycles. The van der Waals surface area contributed by atoms with E-state index in [9.17, 15) is 9.18 Å². The lowest BCUT2D eigenvalue weighted by molar-refractivity contribution is 0.102. The number of hydrogen-bond donors (Lipinski definition) is 2. The first-order valence-electron chi connectivity index (χ1n) is 8.44. The van der Waals surface area contributed by atoms with Crippen molar-refractivity contribution in [3.63, 3.8) is 0 Å². The number of carbonyl (C=O) groups excluding carboxylic acids is 1. The highest BCUT2D eigenvalue weighted by Crippen LogP contribution is 2.24. The topological polar surface area (TPSA) is 98.8 Å². The smallest absolute Gasteiger partial charge is 0.292 e. The molecule has 2 heterocycles. The molecule has 1 amide bonds. The van der Waals surface area contributed by atoms with Crippen LogP contribution in [0, 0.1) is 11.7 Å². The maximum absolute atomic E-state index is 14.1. The van der Waals surface area contributed by atoms with Gasteiger partial charge in [-0.2, -0.15) is 4.99 Å². The van der Waals surface area contributed by atoms with Crippen molar-refractivity contribution in [2.45, 2.75) is 6.92 Å². The Balaban J connectivity index is 1.74. The van der Waals surface area contributed by atoms with Crippen LogP contribution in [0.5, 0.6) is 0 Å². The first-order chi connectivity index (χ1) is 13.4. The molecule has 0 radical (unpaired) electrons. The molecule has 0 saturated carbocycles. The van der Waals surface area contributed by atoms with Gasteiger partial charge in [0, 0.05) is 17.8 Å². The van der Waals surface area contributed by atoms with E-state index in [-0.39, 0.29) is 23.3 Å². The molecular weight excluding hydrogens is 387 g/mol. The van der Waals surface area contributed by atoms with Crippen LogP contribution in [0.2, 0.25) is 5.02 Å². The van der Waals surface area contributed by atoms with Gasteiger partial charge in [-0.25, -0.2) is 9.37 Å². The monoisotopic (exact) mass is 404 g/mol. The van der Waals surface area contributed by atoms with E-state index in [0.717, 1.165) is 0 Å². The van der Waals surface area contributed by atoms with Crippen molar-refractivity contribution in [3.8, 4) is 0 Å². The summed E-state index contributed by atoms with van der Waals surface area (Å²) in [5.41, 5.74) is 6.22. The molecule has 9 heteroatoms. The predicted molar refractivity (Wildman–Crippen MR) is 104 cm³/mol. The number of nitrogens with two attached hydrogens (primary N) is 1. The highest BCUT2D eigenvalue weighted by molar-refractivity contribution is 6.30. The number of carbonyl (C=O) groups is 1. The van der Waals surface area contributed by atoms with Gasteiger partial charge in [0.05, 0.1) is 18.2 Å². The van der Waals surface area contributed by atoms with Gasteiger partial charge in [0.25, 0.3) is 11.9 Å². The van der Waals surface area contributed by atoms with E-state index in [2.05, 4.69) is 15.3 Å². The Bertz CT molecular complexity index is 931. The van der Waals surface area contributed by atoms with Crippen molar-refractivity contribution in [3.05, 3.63) is 64.9 Å². The number of amides is 1. The summed E-state index contributed by atoms with van der Waals surface area (Å²) in [7, 11) is 0. The molecule has 7 nitrogen and oxygen atoms in total. The molecule has 0 fully saturated rings. The second-order valence-corrected chi connectivity index (χ2v) is 6.52. The molecule has 0 bridgehead atoms. The molecule has 1 aromatic heterocycles. The quantitative estimate of drug-likeness (QED) is 0.598. The summed E-state index contributed by atoms with van der Waals surface area (Å²) in [5.74, 6) is -0.442. The Morgan fingerprint density at radius 3 is 2.96 bits per heavy atom. The maximum atomic E-state index is 14.1. The summed E-state index contributed by atoms with van der Waals surface area (Å²) in [6, 6.07) is 6.75. The van der Waals surface area contributed by atoms with Gasteiger partial charge < -0.3 is 20.5 Å². The third kappa shape index (κ3) is 5.05. The van der Waals surface area contributed by atoms with Crippen LogP contribution >= 0.6 is 11.6 Å². The minimum Gasteiger partial charge on any atom is -0.430 e. The Hall–Kier alpha value is -2.97. The average Bonchev–Trinajstić information content (AvgIpc) is 2.67. The van der Waals surface area contributed by atoms with E-state index in [1.54, 1.807) is 12.1 Å². The van der Waals surface area contributed by atoms with E-state index in [1.807, 2.05) is 6.92 Å². The first kappa shape index (κ1) is 19.8. The van der Waals surface area contributed by atoms with Crippen molar-refractivity contribution in [2.75, 3.05) is 18.5 Å². The van der Waals surface area contributed by atoms with Gasteiger partial charge in [-0.1, -0.05) is 18.5 Å². The number of nitrogens with zero attached hydrogens (tertiary/aromatic N) is 2. The zero-order chi connectivity index (χ0) is 20.1. The second kappa shape index (κ2) is 8.81. The molecule has 0 spiro atoms. The fourth-order valence-electron chi connectivity index (χ4n) is 2.46. The SMILES string of the molecule is C[C@H]1COCC=C1O/C(N)=N\c1cc(NC(=O)c2ccc(Cl)cn2)ccc1F. The van der Waals surface area contributed by atoms with Crippen molar-refractivity contribution < 1.29 is 18.7 Å². The zero-order valence-electron chi connectivity index (χ0n) is 15.0. The van der Waals surface area contributed by atoms with Gasteiger partial charge in [-0.3, -0.25) is 4.79 Å². The number of aromatic nitrogens is 1. The van der Waals surface area contributed by atoms with E-state index >= 15 is 0 Å². The number of pyridine rings is 1. The largest absolute Gasteiger partial charge is 0.430 e. The normalized spacial score (nSPS) is 17.0. The minimum atomic E-state index is -0.608. The number of rotatable bonds is 4. The Labute approximate surface area is 166 Å². The van der Waals surface area contributed by atoms with Crippen LogP contribution in [0.4, 0.5) is 15.8 Å². The van der Waals surface area contributed by atoms with Crippen LogP contribution in [-0.4, -0.2) is 30.1 Å². The number of halogens is 2. The summed E-state index contributed by atoms with van der Waals surface area (Å²) in [6.45, 7) is 2.84. The lowest BCUT2D eigenvalue weighted by Crippen LogP contribution is -2.23. The van der Waals surface area contributed by atoms with Gasteiger partial charge in [-0.15, -0.1) is 0 Å². The second-order valence-electron chi connectivity index (χ2n) is 6.08. The number of anilines is 1. The van der Waals surface area contributed by atoms with Gasteiger partial charge in [-0.05, 0) is 36.4 Å². The van der Waals surface area contributed by atoms with Crippen molar-refractivity contribution in [1.82, 2.24) is 4.98 Å². The van der Waals surface area contributed by atoms with E-state index < -0.39 is 11.7 Å². The number of amidine groups is 1. The van der Waals surface area contributed by atoms with Gasteiger partial charge >= 0.3 is 0 Å². The standard InChI is InChI=1S/C19H18ClFN4O3/c1-11-10-27-7-6-17(11)28-19(22)25-16-8-13(3-4-14(16)21)24-18(26)15-5-2-12(20)9-23-15/h2-6,8-9,11H,7,10H2,1H3,(H2,22,25)(H,24,26)/t11-/m0/s1. The Morgan fingerprint density at radius 2 is 2.25 bits per heavy atom. The molecule has 1 atom stereocenters. The molecule has 3 N–H and O–H groups in total. The summed E-state index contributed by atoms with van der Waals surface area (Å²) < 4.78 is 24.9. The van der Waals surface area contributed by atoms with E-state index in [0.29, 0.717) is 29.7 Å². The van der Waals surface area contributed by atoms with Crippen molar-refractivity contribution >= 4 is 34.9 Å².